The lowest BCUT2D eigenvalue weighted by Crippen LogP contribution is -2.29. The molecule has 0 radical (unpaired) electrons. The minimum Gasteiger partial charge on any atom is -0.326 e. The number of nitrogens with zero attached hydrogens (tertiary/aromatic N) is 1. The van der Waals surface area contributed by atoms with Crippen LogP contribution in [0.4, 0.5) is 11.4 Å². The maximum Gasteiger partial charge on any atom is 0.229 e. The molecular formula is C23H28N2O2. The summed E-state index contributed by atoms with van der Waals surface area (Å²) in [5.41, 5.74) is 5.36. The number of aryl methyl sites for hydroxylation is 3. The molecule has 0 aromatic heterocycles. The van der Waals surface area contributed by atoms with Gasteiger partial charge in [0.2, 0.25) is 11.8 Å². The van der Waals surface area contributed by atoms with Gasteiger partial charge in [-0.05, 0) is 48.1 Å². The Kier molecular flexibility index (Phi) is 5.94. The lowest BCUT2D eigenvalue weighted by atomic mass is 10.0. The van der Waals surface area contributed by atoms with Gasteiger partial charge in [-0.1, -0.05) is 51.1 Å². The Morgan fingerprint density at radius 2 is 1.63 bits per heavy atom. The van der Waals surface area contributed by atoms with Crippen LogP contribution >= 0.6 is 0 Å². The minimum absolute atomic E-state index is 0.0343. The SMILES string of the molecule is CCc1ccc(NC(=O)[C@H]2CC(=O)N(c3c(CC)cccc3CC)C2)cc1. The minimum atomic E-state index is -0.321. The third kappa shape index (κ3) is 4.05. The highest BCUT2D eigenvalue weighted by Gasteiger charge is 2.36. The third-order valence-corrected chi connectivity index (χ3v) is 5.36. The number of para-hydroxylation sites is 1. The number of nitrogens with one attached hydrogen (secondary N) is 1. The lowest BCUT2D eigenvalue weighted by Gasteiger charge is -2.23. The highest BCUT2D eigenvalue weighted by Crippen LogP contribution is 2.32. The first-order valence-electron chi connectivity index (χ1n) is 9.88. The fraction of sp³-hybridized carbons (Fsp3) is 0.391. The predicted octanol–water partition coefficient (Wildman–Crippen LogP) is 4.37. The fourth-order valence-corrected chi connectivity index (χ4v) is 3.73. The Bertz CT molecular complexity index is 805. The molecule has 0 spiro atoms. The van der Waals surface area contributed by atoms with Crippen molar-refractivity contribution in [1.29, 1.82) is 0 Å². The number of benzene rings is 2. The highest BCUT2D eigenvalue weighted by atomic mass is 16.2. The van der Waals surface area contributed by atoms with Crippen molar-refractivity contribution in [2.45, 2.75) is 46.5 Å². The molecule has 0 saturated carbocycles. The van der Waals surface area contributed by atoms with Crippen LogP contribution in [0.1, 0.15) is 43.9 Å². The topological polar surface area (TPSA) is 49.4 Å². The van der Waals surface area contributed by atoms with Gasteiger partial charge in [0, 0.05) is 24.3 Å². The largest absolute Gasteiger partial charge is 0.326 e. The summed E-state index contributed by atoms with van der Waals surface area (Å²) in [7, 11) is 0. The van der Waals surface area contributed by atoms with Gasteiger partial charge in [-0.2, -0.15) is 0 Å². The summed E-state index contributed by atoms with van der Waals surface area (Å²) < 4.78 is 0. The maximum atomic E-state index is 12.7. The van der Waals surface area contributed by atoms with Gasteiger partial charge in [0.15, 0.2) is 0 Å². The van der Waals surface area contributed by atoms with Crippen molar-refractivity contribution in [3.8, 4) is 0 Å². The summed E-state index contributed by atoms with van der Waals surface area (Å²) in [4.78, 5) is 27.2. The Balaban J connectivity index is 1.76. The van der Waals surface area contributed by atoms with Crippen molar-refractivity contribution in [3.05, 3.63) is 59.2 Å². The Hall–Kier alpha value is -2.62. The van der Waals surface area contributed by atoms with Crippen molar-refractivity contribution < 1.29 is 9.59 Å². The van der Waals surface area contributed by atoms with Crippen molar-refractivity contribution in [3.63, 3.8) is 0 Å². The van der Waals surface area contributed by atoms with Crippen molar-refractivity contribution >= 4 is 23.2 Å². The summed E-state index contributed by atoms with van der Waals surface area (Å²) >= 11 is 0. The second-order valence-corrected chi connectivity index (χ2v) is 7.08. The lowest BCUT2D eigenvalue weighted by molar-refractivity contribution is -0.122. The van der Waals surface area contributed by atoms with Gasteiger partial charge in [-0.3, -0.25) is 9.59 Å². The quantitative estimate of drug-likeness (QED) is 0.828. The van der Waals surface area contributed by atoms with Gasteiger partial charge in [0.1, 0.15) is 0 Å². The number of hydrogen-bond donors (Lipinski definition) is 1. The van der Waals surface area contributed by atoms with E-state index < -0.39 is 0 Å². The molecule has 4 nitrogen and oxygen atoms in total. The molecule has 4 heteroatoms. The summed E-state index contributed by atoms with van der Waals surface area (Å²) in [6.07, 6.45) is 2.97. The van der Waals surface area contributed by atoms with Crippen LogP contribution < -0.4 is 10.2 Å². The van der Waals surface area contributed by atoms with E-state index >= 15 is 0 Å². The second-order valence-electron chi connectivity index (χ2n) is 7.08. The molecule has 0 unspecified atom stereocenters. The molecule has 27 heavy (non-hydrogen) atoms. The molecule has 1 N–H and O–H groups in total. The van der Waals surface area contributed by atoms with Crippen LogP contribution in [0.5, 0.6) is 0 Å². The maximum absolute atomic E-state index is 12.7. The molecule has 1 aliphatic rings. The molecule has 1 atom stereocenters. The van der Waals surface area contributed by atoms with Crippen LogP contribution in [0.25, 0.3) is 0 Å². The molecule has 0 bridgehead atoms. The van der Waals surface area contributed by atoms with Crippen LogP contribution in [0.15, 0.2) is 42.5 Å². The molecule has 2 aromatic rings. The van der Waals surface area contributed by atoms with Crippen molar-refractivity contribution in [2.24, 2.45) is 5.92 Å². The molecule has 1 heterocycles. The monoisotopic (exact) mass is 364 g/mol. The molecule has 2 aromatic carbocycles. The average molecular weight is 364 g/mol. The van der Waals surface area contributed by atoms with E-state index in [1.165, 1.54) is 16.7 Å². The standard InChI is InChI=1S/C23H28N2O2/c1-4-16-10-12-20(13-11-16)24-23(27)19-14-21(26)25(15-19)22-17(5-2)8-7-9-18(22)6-3/h7-13,19H,4-6,14-15H2,1-3H3,(H,24,27)/t19-/m0/s1. The zero-order chi connectivity index (χ0) is 19.4. The molecule has 1 saturated heterocycles. The Morgan fingerprint density at radius 1 is 1.00 bits per heavy atom. The van der Waals surface area contributed by atoms with Crippen LogP contribution in [0.2, 0.25) is 0 Å². The van der Waals surface area contributed by atoms with Crippen LogP contribution in [-0.4, -0.2) is 18.4 Å². The van der Waals surface area contributed by atoms with Gasteiger partial charge < -0.3 is 10.2 Å². The Labute approximate surface area is 161 Å². The summed E-state index contributed by atoms with van der Waals surface area (Å²) in [6.45, 7) is 6.75. The number of carbonyl (C=O) groups is 2. The highest BCUT2D eigenvalue weighted by molar-refractivity contribution is 6.04. The smallest absolute Gasteiger partial charge is 0.229 e. The fourth-order valence-electron chi connectivity index (χ4n) is 3.73. The number of anilines is 2. The van der Waals surface area contributed by atoms with Gasteiger partial charge in [-0.25, -0.2) is 0 Å². The van der Waals surface area contributed by atoms with Crippen LogP contribution in [0.3, 0.4) is 0 Å². The molecule has 142 valence electrons. The second kappa shape index (κ2) is 8.38. The van der Waals surface area contributed by atoms with E-state index in [-0.39, 0.29) is 24.2 Å². The normalized spacial score (nSPS) is 16.6. The zero-order valence-corrected chi connectivity index (χ0v) is 16.4. The van der Waals surface area contributed by atoms with Crippen LogP contribution in [-0.2, 0) is 28.9 Å². The first-order chi connectivity index (χ1) is 13.1. The Morgan fingerprint density at radius 3 is 2.19 bits per heavy atom. The van der Waals surface area contributed by atoms with Gasteiger partial charge in [0.25, 0.3) is 0 Å². The number of hydrogen-bond acceptors (Lipinski definition) is 2. The van der Waals surface area contributed by atoms with E-state index in [1.54, 1.807) is 0 Å². The molecular weight excluding hydrogens is 336 g/mol. The van der Waals surface area contributed by atoms with E-state index in [0.717, 1.165) is 30.6 Å². The van der Waals surface area contributed by atoms with E-state index in [2.05, 4.69) is 38.2 Å². The van der Waals surface area contributed by atoms with Gasteiger partial charge in [-0.15, -0.1) is 0 Å². The first-order valence-corrected chi connectivity index (χ1v) is 9.88. The van der Waals surface area contributed by atoms with E-state index in [4.69, 9.17) is 0 Å². The summed E-state index contributed by atoms with van der Waals surface area (Å²) in [5, 5.41) is 2.97. The number of rotatable bonds is 6. The number of amides is 2. The first kappa shape index (κ1) is 19.2. The summed E-state index contributed by atoms with van der Waals surface area (Å²) in [5.74, 6) is -0.368. The average Bonchev–Trinajstić information content (AvgIpc) is 3.09. The van der Waals surface area contributed by atoms with E-state index in [9.17, 15) is 9.59 Å². The molecule has 1 aliphatic heterocycles. The van der Waals surface area contributed by atoms with Crippen molar-refractivity contribution in [2.75, 3.05) is 16.8 Å². The predicted molar refractivity (Wildman–Crippen MR) is 110 cm³/mol. The summed E-state index contributed by atoms with van der Waals surface area (Å²) in [6, 6.07) is 14.1. The van der Waals surface area contributed by atoms with Gasteiger partial charge in [0.05, 0.1) is 5.92 Å². The van der Waals surface area contributed by atoms with E-state index in [0.29, 0.717) is 6.54 Å². The van der Waals surface area contributed by atoms with Gasteiger partial charge >= 0.3 is 0 Å². The third-order valence-electron chi connectivity index (χ3n) is 5.36. The van der Waals surface area contributed by atoms with E-state index in [1.807, 2.05) is 35.2 Å². The van der Waals surface area contributed by atoms with Crippen molar-refractivity contribution in [1.82, 2.24) is 0 Å². The van der Waals surface area contributed by atoms with Crippen LogP contribution in [0, 0.1) is 5.92 Å². The molecule has 2 amide bonds. The molecule has 3 rings (SSSR count). The number of carbonyl (C=O) groups excluding carboxylic acids is 2. The molecule has 1 fully saturated rings. The molecule has 0 aliphatic carbocycles. The zero-order valence-electron chi connectivity index (χ0n) is 16.4.